The zero-order valence-corrected chi connectivity index (χ0v) is 15.4. The number of benzene rings is 2. The van der Waals surface area contributed by atoms with Gasteiger partial charge in [-0.3, -0.25) is 9.59 Å². The number of nitrogens with one attached hydrogen (secondary N) is 3. The summed E-state index contributed by atoms with van der Waals surface area (Å²) in [6.45, 7) is 3.71. The largest absolute Gasteiger partial charge is 0.375 e. The van der Waals surface area contributed by atoms with Crippen LogP contribution >= 0.6 is 23.2 Å². The van der Waals surface area contributed by atoms with Crippen molar-refractivity contribution in [2.45, 2.75) is 13.8 Å². The van der Waals surface area contributed by atoms with Gasteiger partial charge in [0.25, 0.3) is 0 Å². The molecule has 0 saturated heterocycles. The first-order valence-corrected chi connectivity index (χ1v) is 8.50. The van der Waals surface area contributed by atoms with E-state index in [0.717, 1.165) is 0 Å². The van der Waals surface area contributed by atoms with Crippen molar-refractivity contribution < 1.29 is 9.59 Å². The van der Waals surface area contributed by atoms with E-state index in [1.807, 2.05) is 13.8 Å². The topological polar surface area (TPSA) is 70.2 Å². The maximum atomic E-state index is 12.0. The first kappa shape index (κ1) is 19.1. The smallest absolute Gasteiger partial charge is 0.243 e. The third-order valence-electron chi connectivity index (χ3n) is 3.33. The Balaban J connectivity index is 1.87. The molecule has 0 aliphatic heterocycles. The molecular weight excluding hydrogens is 361 g/mol. The molecule has 2 rings (SSSR count). The lowest BCUT2D eigenvalue weighted by Crippen LogP contribution is -2.22. The predicted octanol–water partition coefficient (Wildman–Crippen LogP) is 4.64. The van der Waals surface area contributed by atoms with Crippen molar-refractivity contribution >= 4 is 52.1 Å². The zero-order chi connectivity index (χ0) is 18.4. The lowest BCUT2D eigenvalue weighted by Gasteiger charge is -2.11. The number of rotatable bonds is 6. The highest BCUT2D eigenvalue weighted by Crippen LogP contribution is 2.25. The third kappa shape index (κ3) is 5.96. The Morgan fingerprint density at radius 2 is 1.56 bits per heavy atom. The van der Waals surface area contributed by atoms with Gasteiger partial charge in [0, 0.05) is 22.3 Å². The molecule has 0 atom stereocenters. The van der Waals surface area contributed by atoms with E-state index in [9.17, 15) is 9.59 Å². The maximum absolute atomic E-state index is 12.0. The molecule has 0 fully saturated rings. The molecule has 0 spiro atoms. The van der Waals surface area contributed by atoms with Gasteiger partial charge < -0.3 is 16.0 Å². The van der Waals surface area contributed by atoms with Crippen molar-refractivity contribution in [2.75, 3.05) is 22.5 Å². The van der Waals surface area contributed by atoms with Gasteiger partial charge in [0.05, 0.1) is 17.3 Å². The molecule has 0 bridgehead atoms. The number of halogens is 2. The number of carbonyl (C=O) groups is 2. The minimum atomic E-state index is -0.218. The van der Waals surface area contributed by atoms with Crippen LogP contribution in [0.3, 0.4) is 0 Å². The van der Waals surface area contributed by atoms with Gasteiger partial charge in [0.15, 0.2) is 0 Å². The van der Waals surface area contributed by atoms with Crippen molar-refractivity contribution in [3.8, 4) is 0 Å². The summed E-state index contributed by atoms with van der Waals surface area (Å²) in [5, 5.41) is 9.49. The first-order chi connectivity index (χ1) is 11.8. The van der Waals surface area contributed by atoms with E-state index in [1.165, 1.54) is 0 Å². The quantitative estimate of drug-likeness (QED) is 0.684. The molecule has 2 aromatic rings. The van der Waals surface area contributed by atoms with Crippen molar-refractivity contribution in [2.24, 2.45) is 5.92 Å². The van der Waals surface area contributed by atoms with E-state index in [-0.39, 0.29) is 24.3 Å². The van der Waals surface area contributed by atoms with E-state index in [2.05, 4.69) is 16.0 Å². The van der Waals surface area contributed by atoms with Crippen LogP contribution in [0.5, 0.6) is 0 Å². The molecule has 2 amide bonds. The van der Waals surface area contributed by atoms with Crippen LogP contribution in [0.4, 0.5) is 17.1 Å². The van der Waals surface area contributed by atoms with Crippen LogP contribution in [0.1, 0.15) is 13.8 Å². The Morgan fingerprint density at radius 1 is 0.960 bits per heavy atom. The molecule has 0 unspecified atom stereocenters. The predicted molar refractivity (Wildman–Crippen MR) is 103 cm³/mol. The number of anilines is 3. The van der Waals surface area contributed by atoms with Gasteiger partial charge in [-0.1, -0.05) is 37.0 Å². The summed E-state index contributed by atoms with van der Waals surface area (Å²) in [5.74, 6) is -0.365. The van der Waals surface area contributed by atoms with Crippen LogP contribution in [0.15, 0.2) is 42.5 Å². The fraction of sp³-hybridized carbons (Fsp3) is 0.222. The molecule has 0 heterocycles. The van der Waals surface area contributed by atoms with Gasteiger partial charge in [0.2, 0.25) is 11.8 Å². The average Bonchev–Trinajstić information content (AvgIpc) is 2.55. The summed E-state index contributed by atoms with van der Waals surface area (Å²) in [7, 11) is 0. The molecule has 0 aliphatic carbocycles. The molecule has 0 radical (unpaired) electrons. The second-order valence-electron chi connectivity index (χ2n) is 5.75. The normalized spacial score (nSPS) is 10.4. The van der Waals surface area contributed by atoms with E-state index in [0.29, 0.717) is 27.1 Å². The molecule has 7 heteroatoms. The zero-order valence-electron chi connectivity index (χ0n) is 13.9. The van der Waals surface area contributed by atoms with Gasteiger partial charge in [-0.2, -0.15) is 0 Å². The lowest BCUT2D eigenvalue weighted by molar-refractivity contribution is -0.119. The van der Waals surface area contributed by atoms with E-state index in [1.54, 1.807) is 42.5 Å². The van der Waals surface area contributed by atoms with Crippen LogP contribution in [-0.2, 0) is 9.59 Å². The highest BCUT2D eigenvalue weighted by Gasteiger charge is 2.08. The van der Waals surface area contributed by atoms with Gasteiger partial charge >= 0.3 is 0 Å². The second kappa shape index (κ2) is 8.74. The molecule has 25 heavy (non-hydrogen) atoms. The highest BCUT2D eigenvalue weighted by atomic mass is 35.5. The summed E-state index contributed by atoms with van der Waals surface area (Å²) < 4.78 is 0. The minimum Gasteiger partial charge on any atom is -0.375 e. The van der Waals surface area contributed by atoms with E-state index < -0.39 is 0 Å². The second-order valence-corrected chi connectivity index (χ2v) is 6.59. The van der Waals surface area contributed by atoms with Crippen molar-refractivity contribution in [3.05, 3.63) is 52.5 Å². The van der Waals surface area contributed by atoms with Gasteiger partial charge in [-0.15, -0.1) is 0 Å². The highest BCUT2D eigenvalue weighted by molar-refractivity contribution is 6.36. The molecule has 0 aromatic heterocycles. The Kier molecular flexibility index (Phi) is 6.67. The maximum Gasteiger partial charge on any atom is 0.243 e. The fourth-order valence-electron chi connectivity index (χ4n) is 1.94. The average molecular weight is 380 g/mol. The van der Waals surface area contributed by atoms with Gasteiger partial charge in [-0.25, -0.2) is 0 Å². The third-order valence-corrected chi connectivity index (χ3v) is 3.88. The fourth-order valence-corrected chi connectivity index (χ4v) is 2.41. The van der Waals surface area contributed by atoms with E-state index in [4.69, 9.17) is 23.2 Å². The molecule has 0 saturated carbocycles. The first-order valence-electron chi connectivity index (χ1n) is 7.75. The summed E-state index contributed by atoms with van der Waals surface area (Å²) in [6.07, 6.45) is 0. The summed E-state index contributed by atoms with van der Waals surface area (Å²) in [5.41, 5.74) is 1.95. The number of amides is 2. The monoisotopic (exact) mass is 379 g/mol. The van der Waals surface area contributed by atoms with Crippen molar-refractivity contribution in [3.63, 3.8) is 0 Å². The standard InChI is InChI=1S/C18H19Cl2N3O2/c1-11(2)18(25)23-14-6-4-13(5-7-14)22-17(24)10-21-16-8-3-12(19)9-15(16)20/h3-9,11,21H,10H2,1-2H3,(H,22,24)(H,23,25). The van der Waals surface area contributed by atoms with Crippen LogP contribution < -0.4 is 16.0 Å². The van der Waals surface area contributed by atoms with Crippen LogP contribution in [-0.4, -0.2) is 18.4 Å². The Morgan fingerprint density at radius 3 is 2.12 bits per heavy atom. The van der Waals surface area contributed by atoms with Crippen LogP contribution in [0.2, 0.25) is 10.0 Å². The van der Waals surface area contributed by atoms with Gasteiger partial charge in [-0.05, 0) is 42.5 Å². The minimum absolute atomic E-state index is 0.0548. The van der Waals surface area contributed by atoms with Crippen molar-refractivity contribution in [1.82, 2.24) is 0 Å². The SMILES string of the molecule is CC(C)C(=O)Nc1ccc(NC(=O)CNc2ccc(Cl)cc2Cl)cc1. The molecule has 0 aliphatic rings. The summed E-state index contributed by atoms with van der Waals surface area (Å²) in [6, 6.07) is 11.9. The molecule has 132 valence electrons. The number of hydrogen-bond acceptors (Lipinski definition) is 3. The Bertz CT molecular complexity index is 761. The molecule has 3 N–H and O–H groups in total. The van der Waals surface area contributed by atoms with Crippen molar-refractivity contribution in [1.29, 1.82) is 0 Å². The number of carbonyl (C=O) groups excluding carboxylic acids is 2. The van der Waals surface area contributed by atoms with Gasteiger partial charge in [0.1, 0.15) is 0 Å². The Labute approximate surface area is 156 Å². The van der Waals surface area contributed by atoms with Crippen LogP contribution in [0.25, 0.3) is 0 Å². The Hall–Kier alpha value is -2.24. The lowest BCUT2D eigenvalue weighted by atomic mass is 10.2. The number of hydrogen-bond donors (Lipinski definition) is 3. The molecule has 2 aromatic carbocycles. The summed E-state index contributed by atoms with van der Waals surface area (Å²) >= 11 is 11.9. The molecule has 5 nitrogen and oxygen atoms in total. The molecular formula is C18H19Cl2N3O2. The van der Waals surface area contributed by atoms with E-state index >= 15 is 0 Å². The van der Waals surface area contributed by atoms with Crippen LogP contribution in [0, 0.1) is 5.92 Å². The summed E-state index contributed by atoms with van der Waals surface area (Å²) in [4.78, 5) is 23.6.